The zero-order valence-corrected chi connectivity index (χ0v) is 17.7. The number of hydrogen-bond donors (Lipinski definition) is 0. The lowest BCUT2D eigenvalue weighted by molar-refractivity contribution is -0.116. The number of aromatic nitrogens is 2. The van der Waals surface area contributed by atoms with E-state index in [4.69, 9.17) is 9.47 Å². The summed E-state index contributed by atoms with van der Waals surface area (Å²) in [4.78, 5) is 19.3. The third-order valence-corrected chi connectivity index (χ3v) is 6.46. The van der Waals surface area contributed by atoms with Gasteiger partial charge in [0, 0.05) is 24.3 Å². The molecule has 2 aliphatic rings. The summed E-state index contributed by atoms with van der Waals surface area (Å²) >= 11 is 1.49. The van der Waals surface area contributed by atoms with Gasteiger partial charge >= 0.3 is 0 Å². The van der Waals surface area contributed by atoms with E-state index in [1.807, 2.05) is 47.5 Å². The molecule has 7 heteroatoms. The Morgan fingerprint density at radius 2 is 1.97 bits per heavy atom. The number of nitrogens with zero attached hydrogens (tertiary/aromatic N) is 3. The van der Waals surface area contributed by atoms with Gasteiger partial charge in [0.15, 0.2) is 16.7 Å². The molecule has 0 aliphatic carbocycles. The van der Waals surface area contributed by atoms with Gasteiger partial charge in [0.1, 0.15) is 13.2 Å². The lowest BCUT2D eigenvalue weighted by atomic mass is 10.1. The van der Waals surface area contributed by atoms with Crippen molar-refractivity contribution in [2.75, 3.05) is 30.4 Å². The van der Waals surface area contributed by atoms with Gasteiger partial charge < -0.3 is 18.9 Å². The van der Waals surface area contributed by atoms with Crippen molar-refractivity contribution in [1.29, 1.82) is 0 Å². The number of ether oxygens (including phenoxy) is 2. The average Bonchev–Trinajstić information content (AvgIpc) is 3.41. The number of carbonyl (C=O) groups excluding carboxylic acids is 1. The van der Waals surface area contributed by atoms with Gasteiger partial charge in [0.05, 0.1) is 17.6 Å². The van der Waals surface area contributed by atoms with Gasteiger partial charge in [-0.1, -0.05) is 30.0 Å². The van der Waals surface area contributed by atoms with Crippen molar-refractivity contribution in [3.8, 4) is 22.8 Å². The van der Waals surface area contributed by atoms with Crippen molar-refractivity contribution in [3.63, 3.8) is 0 Å². The molecule has 2 aromatic carbocycles. The molecule has 5 rings (SSSR count). The number of anilines is 1. The Morgan fingerprint density at radius 3 is 2.83 bits per heavy atom. The lowest BCUT2D eigenvalue weighted by Crippen LogP contribution is -2.30. The molecular formula is C23H23N3O3S. The minimum atomic E-state index is 0.122. The number of fused-ring (bicyclic) bond motifs is 2. The molecule has 0 atom stereocenters. The minimum Gasteiger partial charge on any atom is -0.486 e. The Bertz CT molecular complexity index is 1100. The standard InChI is InChI=1S/C23H23N3O3S/c1-2-25-19(17-7-8-20-21(13-17)29-12-11-28-20)14-24-23(25)30-15-22(27)26-10-9-16-5-3-4-6-18(16)26/h3-8,13-14H,2,9-12,15H2,1H3. The first-order valence-corrected chi connectivity index (χ1v) is 11.2. The molecule has 0 spiro atoms. The first kappa shape index (κ1) is 19.1. The maximum absolute atomic E-state index is 12.9. The Kier molecular flexibility index (Phi) is 5.12. The van der Waals surface area contributed by atoms with Crippen molar-refractivity contribution in [3.05, 3.63) is 54.2 Å². The quantitative estimate of drug-likeness (QED) is 0.583. The maximum Gasteiger partial charge on any atom is 0.237 e. The molecule has 6 nitrogen and oxygen atoms in total. The van der Waals surface area contributed by atoms with Gasteiger partial charge in [0.25, 0.3) is 0 Å². The third-order valence-electron chi connectivity index (χ3n) is 5.49. The molecule has 0 saturated carbocycles. The van der Waals surface area contributed by atoms with Crippen LogP contribution in [0.15, 0.2) is 53.8 Å². The van der Waals surface area contributed by atoms with Crippen LogP contribution >= 0.6 is 11.8 Å². The third kappa shape index (κ3) is 3.43. The number of thioether (sulfide) groups is 1. The van der Waals surface area contributed by atoms with E-state index in [1.165, 1.54) is 17.3 Å². The molecule has 0 unspecified atom stereocenters. The summed E-state index contributed by atoms with van der Waals surface area (Å²) in [5.41, 5.74) is 4.32. The average molecular weight is 422 g/mol. The number of carbonyl (C=O) groups is 1. The van der Waals surface area contributed by atoms with E-state index in [2.05, 4.69) is 22.5 Å². The van der Waals surface area contributed by atoms with Crippen LogP contribution in [0.5, 0.6) is 11.5 Å². The number of hydrogen-bond acceptors (Lipinski definition) is 5. The first-order valence-electron chi connectivity index (χ1n) is 10.2. The molecule has 0 radical (unpaired) electrons. The molecule has 2 aliphatic heterocycles. The van der Waals surface area contributed by atoms with Crippen LogP contribution in [-0.4, -0.2) is 41.0 Å². The summed E-state index contributed by atoms with van der Waals surface area (Å²) < 4.78 is 13.5. The Morgan fingerprint density at radius 1 is 1.13 bits per heavy atom. The van der Waals surface area contributed by atoms with Gasteiger partial charge in [-0.15, -0.1) is 0 Å². The first-order chi connectivity index (χ1) is 14.7. The van der Waals surface area contributed by atoms with E-state index in [9.17, 15) is 4.79 Å². The summed E-state index contributed by atoms with van der Waals surface area (Å²) in [6.45, 7) is 4.75. The van der Waals surface area contributed by atoms with E-state index in [-0.39, 0.29) is 5.91 Å². The number of para-hydroxylation sites is 1. The van der Waals surface area contributed by atoms with Crippen molar-refractivity contribution in [1.82, 2.24) is 9.55 Å². The summed E-state index contributed by atoms with van der Waals surface area (Å²) in [6.07, 6.45) is 2.79. The Hall–Kier alpha value is -2.93. The van der Waals surface area contributed by atoms with Crippen LogP contribution in [0.25, 0.3) is 11.3 Å². The number of benzene rings is 2. The van der Waals surface area contributed by atoms with E-state index < -0.39 is 0 Å². The van der Waals surface area contributed by atoms with Crippen LogP contribution in [0.3, 0.4) is 0 Å². The van der Waals surface area contributed by atoms with Crippen LogP contribution in [-0.2, 0) is 17.8 Å². The highest BCUT2D eigenvalue weighted by Crippen LogP contribution is 2.36. The molecular weight excluding hydrogens is 398 g/mol. The van der Waals surface area contributed by atoms with Gasteiger partial charge in [-0.05, 0) is 43.2 Å². The topological polar surface area (TPSA) is 56.6 Å². The molecule has 3 heterocycles. The molecule has 0 fully saturated rings. The van der Waals surface area contributed by atoms with E-state index in [0.717, 1.165) is 53.1 Å². The normalized spacial score (nSPS) is 14.6. The Labute approximate surface area is 179 Å². The second kappa shape index (κ2) is 8.07. The summed E-state index contributed by atoms with van der Waals surface area (Å²) in [5.74, 6) is 2.03. The second-order valence-electron chi connectivity index (χ2n) is 7.24. The molecule has 0 saturated heterocycles. The number of amides is 1. The highest BCUT2D eigenvalue weighted by molar-refractivity contribution is 7.99. The zero-order valence-electron chi connectivity index (χ0n) is 16.8. The second-order valence-corrected chi connectivity index (χ2v) is 8.18. The molecule has 1 amide bonds. The van der Waals surface area contributed by atoms with Crippen molar-refractivity contribution in [2.24, 2.45) is 0 Å². The SMILES string of the molecule is CCn1c(-c2ccc3c(c2)OCCO3)cnc1SCC(=O)N1CCc2ccccc21. The highest BCUT2D eigenvalue weighted by atomic mass is 32.2. The number of imidazole rings is 1. The van der Waals surface area contributed by atoms with E-state index in [1.54, 1.807) is 0 Å². The molecule has 154 valence electrons. The number of rotatable bonds is 5. The lowest BCUT2D eigenvalue weighted by Gasteiger charge is -2.19. The molecule has 3 aromatic rings. The van der Waals surface area contributed by atoms with Crippen LogP contribution in [0.4, 0.5) is 5.69 Å². The fraction of sp³-hybridized carbons (Fsp3) is 0.304. The predicted molar refractivity (Wildman–Crippen MR) is 118 cm³/mol. The van der Waals surface area contributed by atoms with Crippen molar-refractivity contribution in [2.45, 2.75) is 25.0 Å². The van der Waals surface area contributed by atoms with Crippen molar-refractivity contribution >= 4 is 23.4 Å². The van der Waals surface area contributed by atoms with Crippen LogP contribution in [0.1, 0.15) is 12.5 Å². The maximum atomic E-state index is 12.9. The fourth-order valence-electron chi connectivity index (χ4n) is 4.01. The van der Waals surface area contributed by atoms with Gasteiger partial charge in [-0.2, -0.15) is 0 Å². The van der Waals surface area contributed by atoms with Crippen LogP contribution in [0, 0.1) is 0 Å². The van der Waals surface area contributed by atoms with Crippen LogP contribution in [0.2, 0.25) is 0 Å². The highest BCUT2D eigenvalue weighted by Gasteiger charge is 2.25. The fourth-order valence-corrected chi connectivity index (χ4v) is 4.93. The summed E-state index contributed by atoms with van der Waals surface area (Å²) in [6, 6.07) is 14.1. The molecule has 0 N–H and O–H groups in total. The van der Waals surface area contributed by atoms with Gasteiger partial charge in [-0.25, -0.2) is 4.98 Å². The predicted octanol–water partition coefficient (Wildman–Crippen LogP) is 4.02. The largest absolute Gasteiger partial charge is 0.486 e. The van der Waals surface area contributed by atoms with Crippen LogP contribution < -0.4 is 14.4 Å². The minimum absolute atomic E-state index is 0.122. The van der Waals surface area contributed by atoms with E-state index in [0.29, 0.717) is 19.0 Å². The van der Waals surface area contributed by atoms with E-state index >= 15 is 0 Å². The molecule has 0 bridgehead atoms. The monoisotopic (exact) mass is 421 g/mol. The molecule has 30 heavy (non-hydrogen) atoms. The zero-order chi connectivity index (χ0) is 20.5. The van der Waals surface area contributed by atoms with Gasteiger partial charge in [0.2, 0.25) is 5.91 Å². The molecule has 1 aromatic heterocycles. The Balaban J connectivity index is 1.33. The smallest absolute Gasteiger partial charge is 0.237 e. The summed E-state index contributed by atoms with van der Waals surface area (Å²) in [5, 5.41) is 0.850. The van der Waals surface area contributed by atoms with Crippen molar-refractivity contribution < 1.29 is 14.3 Å². The van der Waals surface area contributed by atoms with Gasteiger partial charge in [-0.3, -0.25) is 4.79 Å². The summed E-state index contributed by atoms with van der Waals surface area (Å²) in [7, 11) is 0.